The summed E-state index contributed by atoms with van der Waals surface area (Å²) < 4.78 is 0. The van der Waals surface area contributed by atoms with E-state index in [0.717, 1.165) is 12.5 Å². The Bertz CT molecular complexity index is 39.7. The molecular weight excluding hydrogens is 98.1 g/mol. The van der Waals surface area contributed by atoms with Gasteiger partial charge in [-0.1, -0.05) is 26.7 Å². The molecule has 0 saturated carbocycles. The second-order valence-corrected chi connectivity index (χ2v) is 2.14. The molecule has 1 N–H and O–H groups in total. The first-order chi connectivity index (χ1) is 3.85. The molecule has 0 aliphatic carbocycles. The minimum Gasteiger partial charge on any atom is -0.315 e. The van der Waals surface area contributed by atoms with Gasteiger partial charge in [-0.05, 0) is 12.5 Å². The molecule has 0 saturated heterocycles. The van der Waals surface area contributed by atoms with Crippen molar-refractivity contribution in [2.45, 2.75) is 26.7 Å². The first-order valence-corrected chi connectivity index (χ1v) is 3.35. The Balaban J connectivity index is 3.07. The zero-order valence-corrected chi connectivity index (χ0v) is 5.91. The molecule has 0 rings (SSSR count). The summed E-state index contributed by atoms with van der Waals surface area (Å²) >= 11 is 0. The van der Waals surface area contributed by atoms with Crippen molar-refractivity contribution in [3.8, 4) is 0 Å². The van der Waals surface area contributed by atoms with Crippen molar-refractivity contribution in [3.05, 3.63) is 7.05 Å². The molecule has 0 atom stereocenters. The average Bonchev–Trinajstić information content (AvgIpc) is 1.83. The first-order valence-electron chi connectivity index (χ1n) is 3.35. The fraction of sp³-hybridized carbons (Fsp3) is 0.857. The van der Waals surface area contributed by atoms with Gasteiger partial charge in [-0.25, -0.2) is 0 Å². The number of hydrogen-bond donors (Lipinski definition) is 1. The Kier molecular flexibility index (Phi) is 5.08. The van der Waals surface area contributed by atoms with E-state index in [2.05, 4.69) is 26.2 Å². The molecule has 0 bridgehead atoms. The molecule has 49 valence electrons. The lowest BCUT2D eigenvalue weighted by atomic mass is 10.0. The molecule has 0 aromatic rings. The van der Waals surface area contributed by atoms with E-state index in [1.807, 2.05) is 0 Å². The quantitative estimate of drug-likeness (QED) is 0.587. The minimum atomic E-state index is 0.826. The van der Waals surface area contributed by atoms with Gasteiger partial charge in [-0.3, -0.25) is 0 Å². The van der Waals surface area contributed by atoms with Gasteiger partial charge in [-0.2, -0.15) is 0 Å². The molecule has 0 aromatic heterocycles. The molecule has 1 nitrogen and oxygen atoms in total. The van der Waals surface area contributed by atoms with Crippen LogP contribution in [0.4, 0.5) is 0 Å². The van der Waals surface area contributed by atoms with E-state index in [1.54, 1.807) is 0 Å². The highest BCUT2D eigenvalue weighted by molar-refractivity contribution is 4.56. The van der Waals surface area contributed by atoms with E-state index in [9.17, 15) is 0 Å². The van der Waals surface area contributed by atoms with Crippen LogP contribution in [0.3, 0.4) is 0 Å². The van der Waals surface area contributed by atoms with E-state index in [-0.39, 0.29) is 0 Å². The van der Waals surface area contributed by atoms with Crippen LogP contribution in [0.5, 0.6) is 0 Å². The number of nitrogens with one attached hydrogen (secondary N) is 1. The van der Waals surface area contributed by atoms with Gasteiger partial charge < -0.3 is 5.32 Å². The fourth-order valence-electron chi connectivity index (χ4n) is 0.781. The van der Waals surface area contributed by atoms with Crippen LogP contribution in [0.2, 0.25) is 0 Å². The lowest BCUT2D eigenvalue weighted by Crippen LogP contribution is -2.15. The van der Waals surface area contributed by atoms with E-state index < -0.39 is 0 Å². The van der Waals surface area contributed by atoms with Crippen LogP contribution in [0.15, 0.2) is 0 Å². The third-order valence-corrected chi connectivity index (χ3v) is 1.59. The molecule has 0 fully saturated rings. The largest absolute Gasteiger partial charge is 0.315 e. The summed E-state index contributed by atoms with van der Waals surface area (Å²) in [5.41, 5.74) is 0. The van der Waals surface area contributed by atoms with Crippen LogP contribution in [0, 0.1) is 13.0 Å². The number of rotatable bonds is 4. The summed E-state index contributed by atoms with van der Waals surface area (Å²) in [6, 6.07) is 0. The highest BCUT2D eigenvalue weighted by atomic mass is 14.8. The maximum atomic E-state index is 3.57. The predicted molar refractivity (Wildman–Crippen MR) is 37.4 cm³/mol. The maximum absolute atomic E-state index is 3.57. The molecule has 1 radical (unpaired) electrons. The van der Waals surface area contributed by atoms with Crippen LogP contribution in [0.1, 0.15) is 26.7 Å². The van der Waals surface area contributed by atoms with Gasteiger partial charge in [0.2, 0.25) is 0 Å². The third-order valence-electron chi connectivity index (χ3n) is 1.59. The van der Waals surface area contributed by atoms with E-state index in [0.29, 0.717) is 0 Å². The Hall–Kier alpha value is -0.0400. The van der Waals surface area contributed by atoms with Crippen molar-refractivity contribution in [2.24, 2.45) is 5.92 Å². The summed E-state index contributed by atoms with van der Waals surface area (Å²) in [5.74, 6) is 0.826. The normalized spacial score (nSPS) is 10.5. The Morgan fingerprint density at radius 1 is 1.38 bits per heavy atom. The molecule has 0 aliphatic rings. The SMILES string of the molecule is [CH2]NCC(CC)CC. The minimum absolute atomic E-state index is 0.826. The van der Waals surface area contributed by atoms with Gasteiger partial charge in [0.15, 0.2) is 0 Å². The first kappa shape index (κ1) is 7.96. The molecule has 1 heteroatoms. The van der Waals surface area contributed by atoms with Crippen molar-refractivity contribution >= 4 is 0 Å². The van der Waals surface area contributed by atoms with Gasteiger partial charge >= 0.3 is 0 Å². The average molecular weight is 114 g/mol. The lowest BCUT2D eigenvalue weighted by molar-refractivity contribution is 0.477. The predicted octanol–water partition coefficient (Wildman–Crippen LogP) is 1.80. The second-order valence-electron chi connectivity index (χ2n) is 2.14. The summed E-state index contributed by atoms with van der Waals surface area (Å²) in [6.45, 7) is 5.49. The van der Waals surface area contributed by atoms with E-state index in [1.165, 1.54) is 12.8 Å². The fourth-order valence-corrected chi connectivity index (χ4v) is 0.781. The topological polar surface area (TPSA) is 12.0 Å². The van der Waals surface area contributed by atoms with Crippen molar-refractivity contribution in [2.75, 3.05) is 6.54 Å². The van der Waals surface area contributed by atoms with Crippen LogP contribution >= 0.6 is 0 Å². The monoisotopic (exact) mass is 114 g/mol. The molecule has 0 spiro atoms. The highest BCUT2D eigenvalue weighted by Gasteiger charge is 1.98. The van der Waals surface area contributed by atoms with Crippen LogP contribution in [0.25, 0.3) is 0 Å². The van der Waals surface area contributed by atoms with Crippen molar-refractivity contribution in [3.63, 3.8) is 0 Å². The molecule has 0 aliphatic heterocycles. The van der Waals surface area contributed by atoms with E-state index in [4.69, 9.17) is 0 Å². The van der Waals surface area contributed by atoms with Crippen molar-refractivity contribution in [1.29, 1.82) is 0 Å². The molecule has 0 heterocycles. The summed E-state index contributed by atoms with van der Waals surface area (Å²) in [6.07, 6.45) is 2.53. The smallest absolute Gasteiger partial charge is 0.00768 e. The number of hydrogen-bond acceptors (Lipinski definition) is 1. The Labute approximate surface area is 52.5 Å². The standard InChI is InChI=1S/C7H16N/c1-4-7(5-2)6-8-3/h7-8H,3-6H2,1-2H3. The van der Waals surface area contributed by atoms with Gasteiger partial charge in [-0.15, -0.1) is 0 Å². The highest BCUT2D eigenvalue weighted by Crippen LogP contribution is 2.04. The zero-order chi connectivity index (χ0) is 6.41. The zero-order valence-electron chi connectivity index (χ0n) is 5.91. The van der Waals surface area contributed by atoms with Crippen LogP contribution in [-0.4, -0.2) is 6.54 Å². The summed E-state index contributed by atoms with van der Waals surface area (Å²) in [5, 5.41) is 2.92. The maximum Gasteiger partial charge on any atom is 0.00768 e. The Morgan fingerprint density at radius 3 is 2.00 bits per heavy atom. The van der Waals surface area contributed by atoms with E-state index >= 15 is 0 Å². The summed E-state index contributed by atoms with van der Waals surface area (Å²) in [7, 11) is 3.57. The Morgan fingerprint density at radius 2 is 1.88 bits per heavy atom. The van der Waals surface area contributed by atoms with Crippen molar-refractivity contribution in [1.82, 2.24) is 5.32 Å². The molecule has 8 heavy (non-hydrogen) atoms. The molecule has 0 aromatic carbocycles. The second kappa shape index (κ2) is 5.10. The van der Waals surface area contributed by atoms with Gasteiger partial charge in [0.25, 0.3) is 0 Å². The van der Waals surface area contributed by atoms with Gasteiger partial charge in [0.1, 0.15) is 0 Å². The van der Waals surface area contributed by atoms with Gasteiger partial charge in [0.05, 0.1) is 0 Å². The third kappa shape index (κ3) is 3.03. The lowest BCUT2D eigenvalue weighted by Gasteiger charge is -2.09. The van der Waals surface area contributed by atoms with Crippen LogP contribution < -0.4 is 5.32 Å². The van der Waals surface area contributed by atoms with Crippen LogP contribution in [-0.2, 0) is 0 Å². The van der Waals surface area contributed by atoms with Gasteiger partial charge in [0, 0.05) is 7.05 Å². The summed E-state index contributed by atoms with van der Waals surface area (Å²) in [4.78, 5) is 0. The molecule has 0 unspecified atom stereocenters. The molecule has 0 amide bonds. The molecular formula is C7H16N. The van der Waals surface area contributed by atoms with Crippen molar-refractivity contribution < 1.29 is 0 Å².